The Bertz CT molecular complexity index is 1350. The van der Waals surface area contributed by atoms with E-state index < -0.39 is 26.6 Å². The first kappa shape index (κ1) is 20.9. The zero-order chi connectivity index (χ0) is 22.2. The van der Waals surface area contributed by atoms with E-state index in [0.717, 1.165) is 29.0 Å². The molecule has 2 aromatic heterocycles. The van der Waals surface area contributed by atoms with Crippen LogP contribution in [0.3, 0.4) is 0 Å². The monoisotopic (exact) mass is 461 g/mol. The first-order valence-electron chi connectivity index (χ1n) is 9.05. The van der Waals surface area contributed by atoms with Crippen molar-refractivity contribution in [2.75, 3.05) is 10.0 Å². The van der Waals surface area contributed by atoms with Crippen LogP contribution in [0.25, 0.3) is 5.69 Å². The van der Waals surface area contributed by atoms with Crippen molar-refractivity contribution in [2.45, 2.75) is 18.7 Å². The van der Waals surface area contributed by atoms with E-state index in [1.54, 1.807) is 24.4 Å². The number of hydrogen-bond donors (Lipinski definition) is 2. The molecule has 0 saturated heterocycles. The van der Waals surface area contributed by atoms with Crippen molar-refractivity contribution < 1.29 is 17.2 Å². The number of anilines is 3. The molecule has 11 heteroatoms. The standard InChI is InChI=1S/C20H17F2N5O2S2/c1-12-3-4-14(21)10-17(12)27-19(9-13(2)25-27)24-15-5-6-18(16(22)11-15)31(28,29)26-20-23-7-8-30-20/h3-11,24H,1-2H3,(H,23,26). The molecule has 0 spiro atoms. The van der Waals surface area contributed by atoms with Gasteiger partial charge in [0, 0.05) is 23.3 Å². The molecule has 0 atom stereocenters. The Kier molecular flexibility index (Phi) is 5.46. The molecule has 0 aliphatic rings. The minimum absolute atomic E-state index is 0.145. The Morgan fingerprint density at radius 2 is 1.87 bits per heavy atom. The number of thiazole rings is 1. The highest BCUT2D eigenvalue weighted by Crippen LogP contribution is 2.27. The predicted octanol–water partition coefficient (Wildman–Crippen LogP) is 4.77. The maximum atomic E-state index is 14.7. The van der Waals surface area contributed by atoms with Gasteiger partial charge in [-0.1, -0.05) is 6.07 Å². The fraction of sp³-hybridized carbons (Fsp3) is 0.100. The van der Waals surface area contributed by atoms with Gasteiger partial charge in [-0.15, -0.1) is 11.3 Å². The van der Waals surface area contributed by atoms with Crippen LogP contribution in [0.2, 0.25) is 0 Å². The molecule has 0 fully saturated rings. The van der Waals surface area contributed by atoms with Crippen LogP contribution in [-0.2, 0) is 10.0 Å². The fourth-order valence-corrected chi connectivity index (χ4v) is 4.82. The number of nitrogens with zero attached hydrogens (tertiary/aromatic N) is 3. The fourth-order valence-electron chi connectivity index (χ4n) is 2.97. The van der Waals surface area contributed by atoms with Gasteiger partial charge >= 0.3 is 0 Å². The third-order valence-corrected chi connectivity index (χ3v) is 6.57. The third kappa shape index (κ3) is 4.42. The molecule has 0 unspecified atom stereocenters. The maximum Gasteiger partial charge on any atom is 0.266 e. The molecule has 2 heterocycles. The van der Waals surface area contributed by atoms with E-state index in [0.29, 0.717) is 22.9 Å². The first-order valence-corrected chi connectivity index (χ1v) is 11.4. The molecule has 2 N–H and O–H groups in total. The maximum absolute atomic E-state index is 14.7. The van der Waals surface area contributed by atoms with Crippen LogP contribution in [-0.4, -0.2) is 23.2 Å². The molecule has 0 amide bonds. The first-order chi connectivity index (χ1) is 14.7. The smallest absolute Gasteiger partial charge is 0.266 e. The van der Waals surface area contributed by atoms with Gasteiger partial charge in [-0.3, -0.25) is 4.72 Å². The van der Waals surface area contributed by atoms with Crippen molar-refractivity contribution in [2.24, 2.45) is 0 Å². The van der Waals surface area contributed by atoms with Gasteiger partial charge in [-0.25, -0.2) is 26.9 Å². The quantitative estimate of drug-likeness (QED) is 0.432. The summed E-state index contributed by atoms with van der Waals surface area (Å²) in [5.74, 6) is -0.867. The number of nitrogens with one attached hydrogen (secondary N) is 2. The van der Waals surface area contributed by atoms with E-state index in [2.05, 4.69) is 20.1 Å². The van der Waals surface area contributed by atoms with Gasteiger partial charge in [0.05, 0.1) is 11.4 Å². The molecule has 4 rings (SSSR count). The average molecular weight is 462 g/mol. The van der Waals surface area contributed by atoms with Gasteiger partial charge in [0.25, 0.3) is 10.0 Å². The van der Waals surface area contributed by atoms with Gasteiger partial charge in [0.2, 0.25) is 0 Å². The molecule has 0 saturated carbocycles. The molecule has 0 radical (unpaired) electrons. The van der Waals surface area contributed by atoms with Crippen LogP contribution >= 0.6 is 11.3 Å². The normalized spacial score (nSPS) is 11.5. The summed E-state index contributed by atoms with van der Waals surface area (Å²) in [6.45, 7) is 3.60. The number of aromatic nitrogens is 3. The molecule has 7 nitrogen and oxygen atoms in total. The van der Waals surface area contributed by atoms with Crippen molar-refractivity contribution in [3.63, 3.8) is 0 Å². The minimum atomic E-state index is -4.13. The Balaban J connectivity index is 1.64. The number of halogens is 2. The number of benzene rings is 2. The summed E-state index contributed by atoms with van der Waals surface area (Å²) in [5, 5.41) is 9.15. The number of hydrogen-bond acceptors (Lipinski definition) is 6. The summed E-state index contributed by atoms with van der Waals surface area (Å²) in [5.41, 5.74) is 2.30. The minimum Gasteiger partial charge on any atom is -0.340 e. The SMILES string of the molecule is Cc1cc(Nc2ccc(S(=O)(=O)Nc3nccs3)c(F)c2)n(-c2cc(F)ccc2C)n1. The van der Waals surface area contributed by atoms with E-state index in [1.807, 2.05) is 6.92 Å². The molecule has 0 bridgehead atoms. The molecule has 2 aromatic carbocycles. The lowest BCUT2D eigenvalue weighted by Crippen LogP contribution is -2.14. The van der Waals surface area contributed by atoms with Crippen LogP contribution < -0.4 is 10.0 Å². The van der Waals surface area contributed by atoms with E-state index in [4.69, 9.17) is 0 Å². The van der Waals surface area contributed by atoms with Crippen LogP contribution in [0.15, 0.2) is 58.9 Å². The topological polar surface area (TPSA) is 88.9 Å². The lowest BCUT2D eigenvalue weighted by Gasteiger charge is -2.13. The molecular formula is C20H17F2N5O2S2. The number of sulfonamides is 1. The summed E-state index contributed by atoms with van der Waals surface area (Å²) in [6, 6.07) is 9.74. The second-order valence-corrected chi connectivity index (χ2v) is 9.27. The average Bonchev–Trinajstić information content (AvgIpc) is 3.32. The van der Waals surface area contributed by atoms with Gasteiger partial charge < -0.3 is 5.32 Å². The van der Waals surface area contributed by atoms with Crippen molar-refractivity contribution >= 4 is 38.0 Å². The molecule has 0 aliphatic carbocycles. The van der Waals surface area contributed by atoms with E-state index in [9.17, 15) is 17.2 Å². The van der Waals surface area contributed by atoms with Crippen LogP contribution in [0.5, 0.6) is 0 Å². The Morgan fingerprint density at radius 1 is 1.06 bits per heavy atom. The lowest BCUT2D eigenvalue weighted by molar-refractivity contribution is 0.570. The second kappa shape index (κ2) is 8.08. The van der Waals surface area contributed by atoms with Crippen LogP contribution in [0, 0.1) is 25.5 Å². The van der Waals surface area contributed by atoms with Gasteiger partial charge in [-0.05, 0) is 49.7 Å². The van der Waals surface area contributed by atoms with Crippen LogP contribution in [0.4, 0.5) is 25.4 Å². The molecular weight excluding hydrogens is 444 g/mol. The lowest BCUT2D eigenvalue weighted by atomic mass is 10.2. The summed E-state index contributed by atoms with van der Waals surface area (Å²) in [4.78, 5) is 3.34. The highest BCUT2D eigenvalue weighted by atomic mass is 32.2. The molecule has 0 aliphatic heterocycles. The highest BCUT2D eigenvalue weighted by Gasteiger charge is 2.21. The zero-order valence-corrected chi connectivity index (χ0v) is 18.1. The Morgan fingerprint density at radius 3 is 2.58 bits per heavy atom. The molecule has 31 heavy (non-hydrogen) atoms. The molecule has 4 aromatic rings. The zero-order valence-electron chi connectivity index (χ0n) is 16.4. The largest absolute Gasteiger partial charge is 0.340 e. The van der Waals surface area contributed by atoms with Crippen molar-refractivity contribution in [1.82, 2.24) is 14.8 Å². The van der Waals surface area contributed by atoms with Gasteiger partial charge in [0.15, 0.2) is 5.13 Å². The Labute approximate surface area is 181 Å². The van der Waals surface area contributed by atoms with Crippen molar-refractivity contribution in [1.29, 1.82) is 0 Å². The third-order valence-electron chi connectivity index (χ3n) is 4.38. The van der Waals surface area contributed by atoms with E-state index in [-0.39, 0.29) is 5.13 Å². The van der Waals surface area contributed by atoms with Crippen LogP contribution in [0.1, 0.15) is 11.3 Å². The number of aryl methyl sites for hydroxylation is 2. The predicted molar refractivity (Wildman–Crippen MR) is 116 cm³/mol. The Hall–Kier alpha value is -3.31. The highest BCUT2D eigenvalue weighted by molar-refractivity contribution is 7.93. The van der Waals surface area contributed by atoms with Gasteiger partial charge in [0.1, 0.15) is 22.3 Å². The van der Waals surface area contributed by atoms with E-state index >= 15 is 0 Å². The summed E-state index contributed by atoms with van der Waals surface area (Å²) < 4.78 is 57.1. The van der Waals surface area contributed by atoms with Crippen molar-refractivity contribution in [3.8, 4) is 5.69 Å². The summed E-state index contributed by atoms with van der Waals surface area (Å²) in [7, 11) is -4.13. The summed E-state index contributed by atoms with van der Waals surface area (Å²) >= 11 is 1.09. The van der Waals surface area contributed by atoms with Crippen molar-refractivity contribution in [3.05, 3.63) is 76.9 Å². The molecule has 160 valence electrons. The van der Waals surface area contributed by atoms with Gasteiger partial charge in [-0.2, -0.15) is 5.10 Å². The summed E-state index contributed by atoms with van der Waals surface area (Å²) in [6.07, 6.45) is 1.44. The second-order valence-electron chi connectivity index (χ2n) is 6.73. The number of rotatable bonds is 6. The van der Waals surface area contributed by atoms with E-state index in [1.165, 1.54) is 29.1 Å².